The van der Waals surface area contributed by atoms with E-state index in [1.165, 1.54) is 0 Å². The molecule has 4 aromatic heterocycles. The van der Waals surface area contributed by atoms with Crippen molar-refractivity contribution in [1.29, 1.82) is 0 Å². The first-order valence-electron chi connectivity index (χ1n) is 7.38. The first-order valence-corrected chi connectivity index (χ1v) is 7.38. The highest BCUT2D eigenvalue weighted by Gasteiger charge is 2.10. The quantitative estimate of drug-likeness (QED) is 0.454. The van der Waals surface area contributed by atoms with Crippen molar-refractivity contribution in [2.45, 2.75) is 0 Å². The molecule has 1 aromatic carbocycles. The molecule has 4 heterocycles. The number of aromatic nitrogens is 3. The summed E-state index contributed by atoms with van der Waals surface area (Å²) < 4.78 is 5.87. The molecule has 0 aliphatic rings. The van der Waals surface area contributed by atoms with Gasteiger partial charge in [-0.3, -0.25) is 9.97 Å². The minimum absolute atomic E-state index is 0.771. The van der Waals surface area contributed by atoms with E-state index in [0.717, 1.165) is 44.4 Å². The van der Waals surface area contributed by atoms with Crippen molar-refractivity contribution >= 4 is 33.0 Å². The highest BCUT2D eigenvalue weighted by Crippen LogP contribution is 2.29. The zero-order valence-corrected chi connectivity index (χ0v) is 12.1. The predicted octanol–water partition coefficient (Wildman–Crippen LogP) is 4.59. The van der Waals surface area contributed by atoms with Crippen LogP contribution in [0.2, 0.25) is 0 Å². The van der Waals surface area contributed by atoms with Gasteiger partial charge in [-0.05, 0) is 24.3 Å². The molecular weight excluding hydrogens is 286 g/mol. The molecule has 0 unspecified atom stereocenters. The summed E-state index contributed by atoms with van der Waals surface area (Å²) in [5.41, 5.74) is 4.97. The fraction of sp³-hybridized carbons (Fsp3) is 0. The fourth-order valence-corrected chi connectivity index (χ4v) is 2.84. The number of furan rings is 1. The molecule has 0 atom stereocenters. The third kappa shape index (κ3) is 1.89. The van der Waals surface area contributed by atoms with Crippen molar-refractivity contribution in [2.24, 2.45) is 0 Å². The average Bonchev–Trinajstić information content (AvgIpc) is 2.99. The zero-order chi connectivity index (χ0) is 15.2. The maximum Gasteiger partial charge on any atom is 0.153 e. The second kappa shape index (κ2) is 4.61. The lowest BCUT2D eigenvalue weighted by molar-refractivity contribution is 0.668. The van der Waals surface area contributed by atoms with E-state index in [0.29, 0.717) is 0 Å². The number of rotatable bonds is 1. The van der Waals surface area contributed by atoms with Crippen molar-refractivity contribution in [1.82, 2.24) is 15.0 Å². The van der Waals surface area contributed by atoms with E-state index in [4.69, 9.17) is 4.42 Å². The number of benzene rings is 1. The molecule has 0 fully saturated rings. The molecular formula is C19H11N3O. The molecule has 108 valence electrons. The van der Waals surface area contributed by atoms with E-state index in [2.05, 4.69) is 21.0 Å². The van der Waals surface area contributed by atoms with Gasteiger partial charge in [-0.1, -0.05) is 24.3 Å². The molecule has 0 N–H and O–H groups in total. The van der Waals surface area contributed by atoms with Gasteiger partial charge in [0.15, 0.2) is 5.58 Å². The van der Waals surface area contributed by atoms with E-state index in [-0.39, 0.29) is 0 Å². The molecule has 0 aliphatic carbocycles. The number of para-hydroxylation sites is 1. The first kappa shape index (κ1) is 12.3. The standard InChI is InChI=1S/C19H11N3O/c1-2-5-14-12(4-1)7-8-15(22-14)16-10-18-13(11-21-16)19-17(23-18)6-3-9-20-19/h1-11H. The minimum Gasteiger partial charge on any atom is -0.454 e. The predicted molar refractivity (Wildman–Crippen MR) is 90.0 cm³/mol. The molecule has 0 radical (unpaired) electrons. The van der Waals surface area contributed by atoms with Crippen LogP contribution < -0.4 is 0 Å². The Hall–Kier alpha value is -3.27. The zero-order valence-electron chi connectivity index (χ0n) is 12.1. The number of hydrogen-bond acceptors (Lipinski definition) is 4. The summed E-state index contributed by atoms with van der Waals surface area (Å²) in [7, 11) is 0. The van der Waals surface area contributed by atoms with Crippen molar-refractivity contribution in [3.63, 3.8) is 0 Å². The fourth-order valence-electron chi connectivity index (χ4n) is 2.84. The van der Waals surface area contributed by atoms with Crippen LogP contribution in [-0.4, -0.2) is 15.0 Å². The molecule has 5 aromatic rings. The van der Waals surface area contributed by atoms with Gasteiger partial charge < -0.3 is 4.42 Å². The molecule has 23 heavy (non-hydrogen) atoms. The Labute approximate surface area is 131 Å². The van der Waals surface area contributed by atoms with Gasteiger partial charge in [-0.25, -0.2) is 4.98 Å². The van der Waals surface area contributed by atoms with Crippen LogP contribution in [0.15, 0.2) is 71.4 Å². The maximum atomic E-state index is 5.87. The molecule has 0 saturated heterocycles. The number of pyridine rings is 3. The Morgan fingerprint density at radius 2 is 1.74 bits per heavy atom. The Kier molecular flexibility index (Phi) is 2.46. The number of fused-ring (bicyclic) bond motifs is 4. The van der Waals surface area contributed by atoms with Crippen LogP contribution in [0.25, 0.3) is 44.4 Å². The topological polar surface area (TPSA) is 51.8 Å². The maximum absolute atomic E-state index is 5.87. The third-order valence-electron chi connectivity index (χ3n) is 3.97. The summed E-state index contributed by atoms with van der Waals surface area (Å²) in [5, 5.41) is 2.04. The van der Waals surface area contributed by atoms with E-state index < -0.39 is 0 Å². The molecule has 0 amide bonds. The smallest absolute Gasteiger partial charge is 0.153 e. The summed E-state index contributed by atoms with van der Waals surface area (Å²) in [5.74, 6) is 0. The van der Waals surface area contributed by atoms with Crippen LogP contribution >= 0.6 is 0 Å². The second-order valence-electron chi connectivity index (χ2n) is 5.41. The lowest BCUT2D eigenvalue weighted by Gasteiger charge is -2.02. The lowest BCUT2D eigenvalue weighted by Crippen LogP contribution is -1.88. The van der Waals surface area contributed by atoms with Crippen molar-refractivity contribution in [3.8, 4) is 11.4 Å². The van der Waals surface area contributed by atoms with Gasteiger partial charge in [0.05, 0.1) is 22.3 Å². The van der Waals surface area contributed by atoms with Crippen molar-refractivity contribution < 1.29 is 4.42 Å². The normalized spacial score (nSPS) is 11.5. The van der Waals surface area contributed by atoms with Gasteiger partial charge in [-0.2, -0.15) is 0 Å². The van der Waals surface area contributed by atoms with Gasteiger partial charge in [0.25, 0.3) is 0 Å². The Morgan fingerprint density at radius 1 is 0.783 bits per heavy atom. The van der Waals surface area contributed by atoms with Gasteiger partial charge >= 0.3 is 0 Å². The Bertz CT molecular complexity index is 1180. The lowest BCUT2D eigenvalue weighted by atomic mass is 10.1. The first-order chi connectivity index (χ1) is 11.4. The average molecular weight is 297 g/mol. The highest BCUT2D eigenvalue weighted by molar-refractivity contribution is 6.02. The van der Waals surface area contributed by atoms with Crippen LogP contribution in [0.3, 0.4) is 0 Å². The largest absolute Gasteiger partial charge is 0.454 e. The summed E-state index contributed by atoms with van der Waals surface area (Å²) in [6.07, 6.45) is 3.57. The van der Waals surface area contributed by atoms with Gasteiger partial charge in [0.1, 0.15) is 11.1 Å². The highest BCUT2D eigenvalue weighted by atomic mass is 16.3. The van der Waals surface area contributed by atoms with Crippen LogP contribution in [0, 0.1) is 0 Å². The van der Waals surface area contributed by atoms with E-state index >= 15 is 0 Å². The number of hydrogen-bond donors (Lipinski definition) is 0. The van der Waals surface area contributed by atoms with Crippen LogP contribution in [0.5, 0.6) is 0 Å². The summed E-state index contributed by atoms with van der Waals surface area (Å²) in [6.45, 7) is 0. The summed E-state index contributed by atoms with van der Waals surface area (Å²) >= 11 is 0. The number of nitrogens with zero attached hydrogens (tertiary/aromatic N) is 3. The molecule has 0 aliphatic heterocycles. The van der Waals surface area contributed by atoms with Crippen molar-refractivity contribution in [2.75, 3.05) is 0 Å². The summed E-state index contributed by atoms with van der Waals surface area (Å²) in [4.78, 5) is 13.6. The SMILES string of the molecule is c1ccc2nc(-c3cc4oc5cccnc5c4cn3)ccc2c1. The second-order valence-corrected chi connectivity index (χ2v) is 5.41. The van der Waals surface area contributed by atoms with E-state index in [1.807, 2.05) is 48.5 Å². The molecule has 4 heteroatoms. The van der Waals surface area contributed by atoms with E-state index in [1.54, 1.807) is 12.4 Å². The Balaban J connectivity index is 1.73. The summed E-state index contributed by atoms with van der Waals surface area (Å²) in [6, 6.07) is 17.8. The van der Waals surface area contributed by atoms with Crippen LogP contribution in [0.1, 0.15) is 0 Å². The van der Waals surface area contributed by atoms with Gasteiger partial charge in [0.2, 0.25) is 0 Å². The van der Waals surface area contributed by atoms with Crippen LogP contribution in [-0.2, 0) is 0 Å². The van der Waals surface area contributed by atoms with Crippen molar-refractivity contribution in [3.05, 3.63) is 67.0 Å². The molecule has 4 nitrogen and oxygen atoms in total. The monoisotopic (exact) mass is 297 g/mol. The van der Waals surface area contributed by atoms with Gasteiger partial charge in [-0.15, -0.1) is 0 Å². The van der Waals surface area contributed by atoms with Gasteiger partial charge in [0, 0.05) is 23.8 Å². The third-order valence-corrected chi connectivity index (χ3v) is 3.97. The molecule has 0 bridgehead atoms. The van der Waals surface area contributed by atoms with Crippen LogP contribution in [0.4, 0.5) is 0 Å². The Morgan fingerprint density at radius 3 is 2.74 bits per heavy atom. The van der Waals surface area contributed by atoms with E-state index in [9.17, 15) is 0 Å². The minimum atomic E-state index is 0.771. The molecule has 0 spiro atoms. The molecule has 0 saturated carbocycles. The molecule has 5 rings (SSSR count).